The van der Waals surface area contributed by atoms with Gasteiger partial charge in [0.1, 0.15) is 5.69 Å². The topological polar surface area (TPSA) is 118 Å². The van der Waals surface area contributed by atoms with Crippen molar-refractivity contribution in [2.45, 2.75) is 43.5 Å². The van der Waals surface area contributed by atoms with Gasteiger partial charge in [-0.3, -0.25) is 4.79 Å². The molecule has 1 aliphatic carbocycles. The molecule has 0 aliphatic heterocycles. The highest BCUT2D eigenvalue weighted by atomic mass is 32.2. The van der Waals surface area contributed by atoms with Gasteiger partial charge in [-0.15, -0.1) is 0 Å². The Bertz CT molecular complexity index is 1300. The van der Waals surface area contributed by atoms with E-state index in [4.69, 9.17) is 5.73 Å². The number of rotatable bonds is 7. The Kier molecular flexibility index (Phi) is 6.70. The summed E-state index contributed by atoms with van der Waals surface area (Å²) in [6.07, 6.45) is 5.79. The monoisotopic (exact) mass is 464 g/mol. The second-order valence-corrected chi connectivity index (χ2v) is 10.7. The molecule has 4 rings (SSSR count). The van der Waals surface area contributed by atoms with Crippen molar-refractivity contribution in [1.82, 2.24) is 9.88 Å². The van der Waals surface area contributed by atoms with Gasteiger partial charge in [0.15, 0.2) is 9.84 Å². The minimum absolute atomic E-state index is 0.0476. The first-order valence-electron chi connectivity index (χ1n) is 11.3. The molecule has 1 heterocycles. The Balaban J connectivity index is 1.66. The third-order valence-electron chi connectivity index (χ3n) is 6.41. The molecule has 0 spiro atoms. The van der Waals surface area contributed by atoms with Crippen molar-refractivity contribution in [2.75, 3.05) is 18.0 Å². The fourth-order valence-electron chi connectivity index (χ4n) is 4.59. The Morgan fingerprint density at radius 2 is 1.85 bits per heavy atom. The van der Waals surface area contributed by atoms with Gasteiger partial charge in [0, 0.05) is 18.5 Å². The van der Waals surface area contributed by atoms with E-state index < -0.39 is 9.84 Å². The van der Waals surface area contributed by atoms with Crippen molar-refractivity contribution in [3.05, 3.63) is 59.8 Å². The Morgan fingerprint density at radius 1 is 1.12 bits per heavy atom. The number of fused-ring (bicyclic) bond motifs is 1. The van der Waals surface area contributed by atoms with Gasteiger partial charge in [-0.1, -0.05) is 37.5 Å². The SMILES string of the molecule is N#Cc1ccc2c(N)c(C(=O)NCC3CCCCC3)n(CCS(=O)(=O)c3ccccc3)c2c1. The first-order valence-corrected chi connectivity index (χ1v) is 12.9. The summed E-state index contributed by atoms with van der Waals surface area (Å²) in [5.41, 5.74) is 7.92. The number of nitrogens with two attached hydrogens (primary N) is 1. The van der Waals surface area contributed by atoms with Crippen LogP contribution in [0.2, 0.25) is 0 Å². The first kappa shape index (κ1) is 22.9. The smallest absolute Gasteiger partial charge is 0.270 e. The van der Waals surface area contributed by atoms with E-state index in [0.29, 0.717) is 34.6 Å². The van der Waals surface area contributed by atoms with E-state index in [9.17, 15) is 18.5 Å². The van der Waals surface area contributed by atoms with Crippen molar-refractivity contribution in [3.8, 4) is 6.07 Å². The second-order valence-electron chi connectivity index (χ2n) is 8.60. The van der Waals surface area contributed by atoms with Crippen LogP contribution in [0.3, 0.4) is 0 Å². The van der Waals surface area contributed by atoms with E-state index in [1.807, 2.05) is 0 Å². The van der Waals surface area contributed by atoms with Crippen LogP contribution in [0, 0.1) is 17.2 Å². The Morgan fingerprint density at radius 3 is 2.55 bits per heavy atom. The Labute approximate surface area is 194 Å². The zero-order chi connectivity index (χ0) is 23.4. The molecule has 33 heavy (non-hydrogen) atoms. The van der Waals surface area contributed by atoms with E-state index in [1.54, 1.807) is 53.1 Å². The summed E-state index contributed by atoms with van der Waals surface area (Å²) in [5, 5.41) is 13.0. The number of aryl methyl sites for hydroxylation is 1. The number of benzene rings is 2. The van der Waals surface area contributed by atoms with Gasteiger partial charge in [0.05, 0.1) is 33.5 Å². The number of hydrogen-bond donors (Lipinski definition) is 2. The highest BCUT2D eigenvalue weighted by molar-refractivity contribution is 7.91. The maximum atomic E-state index is 13.2. The van der Waals surface area contributed by atoms with Crippen LogP contribution in [0.1, 0.15) is 48.2 Å². The van der Waals surface area contributed by atoms with Gasteiger partial charge in [0.25, 0.3) is 5.91 Å². The molecule has 3 aromatic rings. The van der Waals surface area contributed by atoms with Crippen LogP contribution in [-0.4, -0.2) is 31.2 Å². The van der Waals surface area contributed by atoms with Gasteiger partial charge in [-0.05, 0) is 49.1 Å². The number of carbonyl (C=O) groups excluding carboxylic acids is 1. The zero-order valence-corrected chi connectivity index (χ0v) is 19.3. The summed E-state index contributed by atoms with van der Waals surface area (Å²) >= 11 is 0. The predicted molar refractivity (Wildman–Crippen MR) is 128 cm³/mol. The molecule has 1 aliphatic rings. The molecule has 0 unspecified atom stereocenters. The number of amides is 1. The van der Waals surface area contributed by atoms with Crippen LogP contribution < -0.4 is 11.1 Å². The third-order valence-corrected chi connectivity index (χ3v) is 8.12. The summed E-state index contributed by atoms with van der Waals surface area (Å²) in [7, 11) is -3.56. The lowest BCUT2D eigenvalue weighted by molar-refractivity contribution is 0.0936. The van der Waals surface area contributed by atoms with Gasteiger partial charge in [0.2, 0.25) is 0 Å². The molecular formula is C25H28N4O3S. The molecule has 0 bridgehead atoms. The molecule has 8 heteroatoms. The van der Waals surface area contributed by atoms with Gasteiger partial charge in [-0.2, -0.15) is 5.26 Å². The standard InChI is InChI=1S/C25H28N4O3S/c26-16-19-11-12-21-22(15-19)29(13-14-33(31,32)20-9-5-2-6-10-20)24(23(21)27)25(30)28-17-18-7-3-1-4-8-18/h2,5-6,9-12,15,18H,1,3-4,7-8,13-14,17,27H2,(H,28,30). The highest BCUT2D eigenvalue weighted by Gasteiger charge is 2.24. The molecule has 172 valence electrons. The molecule has 0 radical (unpaired) electrons. The number of anilines is 1. The maximum absolute atomic E-state index is 13.2. The summed E-state index contributed by atoms with van der Waals surface area (Å²) in [6.45, 7) is 0.623. The van der Waals surface area contributed by atoms with Gasteiger partial charge >= 0.3 is 0 Å². The largest absolute Gasteiger partial charge is 0.396 e. The molecule has 1 amide bonds. The van der Waals surface area contributed by atoms with Crippen molar-refractivity contribution in [3.63, 3.8) is 0 Å². The third kappa shape index (κ3) is 4.88. The molecule has 1 fully saturated rings. The second kappa shape index (κ2) is 9.67. The van der Waals surface area contributed by atoms with Crippen LogP contribution >= 0.6 is 0 Å². The number of sulfone groups is 1. The number of nitriles is 1. The van der Waals surface area contributed by atoms with Gasteiger partial charge in [-0.25, -0.2) is 8.42 Å². The number of aromatic nitrogens is 1. The molecule has 0 atom stereocenters. The fraction of sp³-hybridized carbons (Fsp3) is 0.360. The molecule has 7 nitrogen and oxygen atoms in total. The molecule has 1 aromatic heterocycles. The Hall–Kier alpha value is -3.31. The van der Waals surface area contributed by atoms with Crippen molar-refractivity contribution < 1.29 is 13.2 Å². The minimum Gasteiger partial charge on any atom is -0.396 e. The maximum Gasteiger partial charge on any atom is 0.270 e. The summed E-state index contributed by atoms with van der Waals surface area (Å²) in [6, 6.07) is 15.3. The van der Waals surface area contributed by atoms with E-state index in [2.05, 4.69) is 11.4 Å². The van der Waals surface area contributed by atoms with Crippen LogP contribution in [0.4, 0.5) is 5.69 Å². The first-order chi connectivity index (χ1) is 15.9. The lowest BCUT2D eigenvalue weighted by atomic mass is 9.89. The van der Waals surface area contributed by atoms with E-state index in [-0.39, 0.29) is 28.8 Å². The number of nitrogens with zero attached hydrogens (tertiary/aromatic N) is 2. The fourth-order valence-corrected chi connectivity index (χ4v) is 5.82. The van der Waals surface area contributed by atoms with E-state index >= 15 is 0 Å². The molecule has 1 saturated carbocycles. The molecule has 3 N–H and O–H groups in total. The molecular weight excluding hydrogens is 436 g/mol. The van der Waals surface area contributed by atoms with Crippen LogP contribution in [-0.2, 0) is 16.4 Å². The summed E-state index contributed by atoms with van der Waals surface area (Å²) < 4.78 is 27.4. The number of hydrogen-bond acceptors (Lipinski definition) is 5. The number of nitrogens with one attached hydrogen (secondary N) is 1. The number of carbonyl (C=O) groups is 1. The van der Waals surface area contributed by atoms with Crippen LogP contribution in [0.15, 0.2) is 53.4 Å². The zero-order valence-electron chi connectivity index (χ0n) is 18.5. The molecule has 2 aromatic carbocycles. The lowest BCUT2D eigenvalue weighted by Gasteiger charge is -2.22. The van der Waals surface area contributed by atoms with Crippen LogP contribution in [0.25, 0.3) is 10.9 Å². The highest BCUT2D eigenvalue weighted by Crippen LogP contribution is 2.30. The minimum atomic E-state index is -3.56. The van der Waals surface area contributed by atoms with Crippen molar-refractivity contribution >= 4 is 32.3 Å². The van der Waals surface area contributed by atoms with Crippen LogP contribution in [0.5, 0.6) is 0 Å². The number of nitrogen functional groups attached to an aromatic ring is 1. The van der Waals surface area contributed by atoms with E-state index in [0.717, 1.165) is 12.8 Å². The normalized spacial score (nSPS) is 14.8. The lowest BCUT2D eigenvalue weighted by Crippen LogP contribution is -2.32. The van der Waals surface area contributed by atoms with E-state index in [1.165, 1.54) is 19.3 Å². The van der Waals surface area contributed by atoms with Crippen molar-refractivity contribution in [2.24, 2.45) is 5.92 Å². The average Bonchev–Trinajstić information content (AvgIpc) is 3.13. The predicted octanol–water partition coefficient (Wildman–Crippen LogP) is 3.88. The van der Waals surface area contributed by atoms with Crippen molar-refractivity contribution in [1.29, 1.82) is 5.26 Å². The molecule has 0 saturated heterocycles. The van der Waals surface area contributed by atoms with Gasteiger partial charge < -0.3 is 15.6 Å². The summed E-state index contributed by atoms with van der Waals surface area (Å²) in [4.78, 5) is 13.5. The summed E-state index contributed by atoms with van der Waals surface area (Å²) in [5.74, 6) is -0.0600. The quantitative estimate of drug-likeness (QED) is 0.550. The average molecular weight is 465 g/mol.